The van der Waals surface area contributed by atoms with Crippen molar-refractivity contribution < 1.29 is 8.42 Å². The van der Waals surface area contributed by atoms with Gasteiger partial charge in [0.05, 0.1) is 22.3 Å². The fourth-order valence-electron chi connectivity index (χ4n) is 2.52. The smallest absolute Gasteiger partial charge is 0.265 e. The van der Waals surface area contributed by atoms with Crippen LogP contribution in [0.1, 0.15) is 19.8 Å². The molecular formula is C13H16N4O3S. The summed E-state index contributed by atoms with van der Waals surface area (Å²) in [5, 5.41) is 11.8. The van der Waals surface area contributed by atoms with E-state index in [0.717, 1.165) is 6.42 Å². The first-order valence-electron chi connectivity index (χ1n) is 6.60. The first-order chi connectivity index (χ1) is 10.0. The van der Waals surface area contributed by atoms with Crippen LogP contribution in [0.25, 0.3) is 0 Å². The molecule has 0 spiro atoms. The minimum atomic E-state index is -4.02. The van der Waals surface area contributed by atoms with E-state index in [1.165, 1.54) is 12.1 Å². The highest BCUT2D eigenvalue weighted by Gasteiger charge is 2.37. The normalized spacial score (nSPS) is 20.7. The Morgan fingerprint density at radius 2 is 2.10 bits per heavy atom. The molecule has 1 fully saturated rings. The standard InChI is InChI=1S/C13H16N4O3S/c1-11(16-9-5-6-12(16)10-14)17(15-18)21(19,20)13-7-3-2-4-8-13/h2-4,7-8,11-12H,5-6,9H2,1H3. The maximum absolute atomic E-state index is 12.5. The molecule has 1 aliphatic heterocycles. The molecule has 2 rings (SSSR count). The second-order valence-electron chi connectivity index (χ2n) is 4.83. The van der Waals surface area contributed by atoms with E-state index in [1.807, 2.05) is 0 Å². The fourth-order valence-corrected chi connectivity index (χ4v) is 3.84. The van der Waals surface area contributed by atoms with E-state index in [2.05, 4.69) is 11.4 Å². The molecule has 1 aromatic rings. The zero-order valence-corrected chi connectivity index (χ0v) is 12.4. The minimum absolute atomic E-state index is 0.00385. The van der Waals surface area contributed by atoms with Crippen LogP contribution in [0.15, 0.2) is 40.5 Å². The number of rotatable bonds is 5. The van der Waals surface area contributed by atoms with Crippen LogP contribution in [0.5, 0.6) is 0 Å². The van der Waals surface area contributed by atoms with Crippen molar-refractivity contribution in [3.05, 3.63) is 35.2 Å². The summed E-state index contributed by atoms with van der Waals surface area (Å²) in [7, 11) is -4.02. The molecule has 2 atom stereocenters. The maximum atomic E-state index is 12.5. The van der Waals surface area contributed by atoms with Gasteiger partial charge >= 0.3 is 0 Å². The van der Waals surface area contributed by atoms with Crippen LogP contribution in [0.2, 0.25) is 0 Å². The van der Waals surface area contributed by atoms with E-state index in [9.17, 15) is 13.3 Å². The molecule has 1 heterocycles. The van der Waals surface area contributed by atoms with Gasteiger partial charge in [0.1, 0.15) is 6.17 Å². The van der Waals surface area contributed by atoms with Gasteiger partial charge in [-0.2, -0.15) is 13.7 Å². The molecule has 0 saturated carbocycles. The third-order valence-electron chi connectivity index (χ3n) is 3.61. The van der Waals surface area contributed by atoms with Gasteiger partial charge in [-0.1, -0.05) is 18.2 Å². The number of likely N-dealkylation sites (tertiary alicyclic amines) is 1. The summed E-state index contributed by atoms with van der Waals surface area (Å²) in [5.41, 5.74) is 0. The SMILES string of the molecule is CC(N1CCCC1C#N)N(N=O)S(=O)(=O)c1ccccc1. The molecule has 1 saturated heterocycles. The lowest BCUT2D eigenvalue weighted by Gasteiger charge is -2.31. The number of nitroso groups, excluding NO2 is 1. The Kier molecular flexibility index (Phi) is 4.55. The molecule has 0 bridgehead atoms. The Bertz CT molecular complexity index is 641. The zero-order valence-electron chi connectivity index (χ0n) is 11.6. The summed E-state index contributed by atoms with van der Waals surface area (Å²) >= 11 is 0. The van der Waals surface area contributed by atoms with Gasteiger partial charge in [-0.3, -0.25) is 4.90 Å². The lowest BCUT2D eigenvalue weighted by molar-refractivity contribution is 0.121. The molecular weight excluding hydrogens is 292 g/mol. The third kappa shape index (κ3) is 2.89. The first-order valence-corrected chi connectivity index (χ1v) is 8.04. The van der Waals surface area contributed by atoms with Crippen LogP contribution in [-0.2, 0) is 10.0 Å². The summed E-state index contributed by atoms with van der Waals surface area (Å²) in [6.07, 6.45) is 0.666. The van der Waals surface area contributed by atoms with Crippen molar-refractivity contribution in [3.63, 3.8) is 0 Å². The van der Waals surface area contributed by atoms with E-state index in [4.69, 9.17) is 5.26 Å². The Balaban J connectivity index is 2.31. The average molecular weight is 308 g/mol. The maximum Gasteiger partial charge on any atom is 0.283 e. The van der Waals surface area contributed by atoms with Gasteiger partial charge < -0.3 is 0 Å². The Labute approximate surface area is 123 Å². The van der Waals surface area contributed by atoms with Gasteiger partial charge in [0.25, 0.3) is 10.0 Å². The average Bonchev–Trinajstić information content (AvgIpc) is 2.97. The van der Waals surface area contributed by atoms with Crippen LogP contribution < -0.4 is 0 Å². The summed E-state index contributed by atoms with van der Waals surface area (Å²) in [6.45, 7) is 2.13. The highest BCUT2D eigenvalue weighted by Crippen LogP contribution is 2.25. The van der Waals surface area contributed by atoms with Gasteiger partial charge in [-0.25, -0.2) is 0 Å². The largest absolute Gasteiger partial charge is 0.283 e. The molecule has 7 nitrogen and oxygen atoms in total. The van der Waals surface area contributed by atoms with Gasteiger partial charge in [0, 0.05) is 6.54 Å². The van der Waals surface area contributed by atoms with E-state index in [0.29, 0.717) is 17.4 Å². The summed E-state index contributed by atoms with van der Waals surface area (Å²) < 4.78 is 25.5. The molecule has 0 aromatic heterocycles. The van der Waals surface area contributed by atoms with E-state index < -0.39 is 22.2 Å². The summed E-state index contributed by atoms with van der Waals surface area (Å²) in [6, 6.07) is 9.39. The van der Waals surface area contributed by atoms with E-state index >= 15 is 0 Å². The molecule has 0 aliphatic carbocycles. The monoisotopic (exact) mass is 308 g/mol. The molecule has 112 valence electrons. The Morgan fingerprint density at radius 1 is 1.43 bits per heavy atom. The molecule has 1 aliphatic rings. The van der Waals surface area contributed by atoms with Crippen molar-refractivity contribution in [1.82, 2.24) is 9.31 Å². The van der Waals surface area contributed by atoms with Crippen LogP contribution >= 0.6 is 0 Å². The highest BCUT2D eigenvalue weighted by molar-refractivity contribution is 7.89. The zero-order chi connectivity index (χ0) is 15.5. The van der Waals surface area contributed by atoms with Gasteiger partial charge in [0.15, 0.2) is 0 Å². The van der Waals surface area contributed by atoms with Crippen LogP contribution in [0.4, 0.5) is 0 Å². The van der Waals surface area contributed by atoms with E-state index in [-0.39, 0.29) is 4.90 Å². The summed E-state index contributed by atoms with van der Waals surface area (Å²) in [5.74, 6) is 0. The van der Waals surface area contributed by atoms with Gasteiger partial charge in [0.2, 0.25) is 0 Å². The number of hydrogen-bond acceptors (Lipinski definition) is 6. The van der Waals surface area contributed by atoms with Gasteiger partial charge in [-0.05, 0) is 31.9 Å². The van der Waals surface area contributed by atoms with Crippen molar-refractivity contribution in [1.29, 1.82) is 5.26 Å². The number of nitriles is 1. The molecule has 2 unspecified atom stereocenters. The number of sulfonamides is 1. The van der Waals surface area contributed by atoms with Crippen LogP contribution in [0.3, 0.4) is 0 Å². The molecule has 0 N–H and O–H groups in total. The van der Waals surface area contributed by atoms with Crippen molar-refractivity contribution in [3.8, 4) is 6.07 Å². The molecule has 0 radical (unpaired) electrons. The van der Waals surface area contributed by atoms with Crippen LogP contribution in [0, 0.1) is 16.2 Å². The third-order valence-corrected chi connectivity index (χ3v) is 5.34. The molecule has 0 amide bonds. The lowest BCUT2D eigenvalue weighted by atomic mass is 10.2. The predicted molar refractivity (Wildman–Crippen MR) is 76.1 cm³/mol. The van der Waals surface area contributed by atoms with Crippen molar-refractivity contribution in [2.45, 2.75) is 36.9 Å². The highest BCUT2D eigenvalue weighted by atomic mass is 32.2. The predicted octanol–water partition coefficient (Wildman–Crippen LogP) is 1.69. The van der Waals surface area contributed by atoms with Crippen LogP contribution in [-0.4, -0.2) is 36.5 Å². The van der Waals surface area contributed by atoms with Crippen molar-refractivity contribution in [2.24, 2.45) is 5.29 Å². The Morgan fingerprint density at radius 3 is 2.67 bits per heavy atom. The quantitative estimate of drug-likeness (QED) is 0.609. The number of hydrogen-bond donors (Lipinski definition) is 0. The minimum Gasteiger partial charge on any atom is -0.265 e. The van der Waals surface area contributed by atoms with Gasteiger partial charge in [-0.15, -0.1) is 9.32 Å². The molecule has 1 aromatic carbocycles. The van der Waals surface area contributed by atoms with E-state index in [1.54, 1.807) is 30.0 Å². The molecule has 21 heavy (non-hydrogen) atoms. The number of nitrogens with zero attached hydrogens (tertiary/aromatic N) is 4. The first kappa shape index (κ1) is 15.4. The Hall–Kier alpha value is -1.98. The second-order valence-corrected chi connectivity index (χ2v) is 6.62. The second kappa shape index (κ2) is 6.20. The number of benzene rings is 1. The van der Waals surface area contributed by atoms with Crippen molar-refractivity contribution in [2.75, 3.05) is 6.54 Å². The summed E-state index contributed by atoms with van der Waals surface area (Å²) in [4.78, 5) is 12.8. The molecule has 8 heteroatoms. The van der Waals surface area contributed by atoms with Crippen molar-refractivity contribution >= 4 is 10.0 Å². The fraction of sp³-hybridized carbons (Fsp3) is 0.462. The lowest BCUT2D eigenvalue weighted by Crippen LogP contribution is -2.48. The topological polar surface area (TPSA) is 93.8 Å².